The number of hydrogen-bond acceptors (Lipinski definition) is 2. The Bertz CT molecular complexity index is 464. The van der Waals surface area contributed by atoms with Crippen molar-refractivity contribution in [3.05, 3.63) is 35.6 Å². The van der Waals surface area contributed by atoms with Crippen molar-refractivity contribution in [2.24, 2.45) is 5.92 Å². The van der Waals surface area contributed by atoms with Gasteiger partial charge < -0.3 is 5.11 Å². The van der Waals surface area contributed by atoms with E-state index in [2.05, 4.69) is 11.8 Å². The average molecular weight is 279 g/mol. The minimum absolute atomic E-state index is 0.195. The molecule has 4 heteroatoms. The van der Waals surface area contributed by atoms with Crippen LogP contribution < -0.4 is 0 Å². The van der Waals surface area contributed by atoms with E-state index in [9.17, 15) is 9.18 Å². The van der Waals surface area contributed by atoms with Crippen molar-refractivity contribution in [1.29, 1.82) is 0 Å². The summed E-state index contributed by atoms with van der Waals surface area (Å²) in [7, 11) is 0. The van der Waals surface area contributed by atoms with Crippen LogP contribution in [-0.4, -0.2) is 35.1 Å². The second-order valence-corrected chi connectivity index (χ2v) is 5.69. The molecule has 1 aliphatic heterocycles. The van der Waals surface area contributed by atoms with Crippen LogP contribution in [0.1, 0.15) is 31.7 Å². The summed E-state index contributed by atoms with van der Waals surface area (Å²) in [4.78, 5) is 13.3. The zero-order valence-corrected chi connectivity index (χ0v) is 11.9. The summed E-state index contributed by atoms with van der Waals surface area (Å²) in [6.07, 6.45) is 3.48. The Labute approximate surface area is 119 Å². The van der Waals surface area contributed by atoms with E-state index in [1.165, 1.54) is 6.07 Å². The third-order valence-electron chi connectivity index (χ3n) is 4.17. The Balaban J connectivity index is 1.85. The van der Waals surface area contributed by atoms with E-state index in [4.69, 9.17) is 5.11 Å². The first kappa shape index (κ1) is 15.0. The molecule has 20 heavy (non-hydrogen) atoms. The van der Waals surface area contributed by atoms with Crippen LogP contribution >= 0.6 is 0 Å². The summed E-state index contributed by atoms with van der Waals surface area (Å²) in [5.74, 6) is -1.12. The summed E-state index contributed by atoms with van der Waals surface area (Å²) in [5.41, 5.74) is 1.00. The fourth-order valence-electron chi connectivity index (χ4n) is 2.86. The van der Waals surface area contributed by atoms with Gasteiger partial charge in [0.1, 0.15) is 5.82 Å². The Morgan fingerprint density at radius 2 is 2.35 bits per heavy atom. The second kappa shape index (κ2) is 6.84. The number of halogens is 1. The van der Waals surface area contributed by atoms with Crippen molar-refractivity contribution >= 4 is 5.97 Å². The van der Waals surface area contributed by atoms with Gasteiger partial charge in [0.2, 0.25) is 0 Å². The van der Waals surface area contributed by atoms with Gasteiger partial charge >= 0.3 is 5.97 Å². The number of benzene rings is 1. The minimum Gasteiger partial charge on any atom is -0.481 e. The number of aryl methyl sites for hydroxylation is 1. The highest BCUT2D eigenvalue weighted by Gasteiger charge is 2.27. The molecule has 0 aliphatic carbocycles. The first-order valence-electron chi connectivity index (χ1n) is 7.27. The first-order chi connectivity index (χ1) is 9.56. The van der Waals surface area contributed by atoms with Crippen LogP contribution in [0.3, 0.4) is 0 Å². The van der Waals surface area contributed by atoms with Gasteiger partial charge in [0, 0.05) is 12.6 Å². The summed E-state index contributed by atoms with van der Waals surface area (Å²) < 4.78 is 13.1. The number of carbonyl (C=O) groups is 1. The van der Waals surface area contributed by atoms with Crippen LogP contribution in [0.5, 0.6) is 0 Å². The van der Waals surface area contributed by atoms with Gasteiger partial charge in [-0.25, -0.2) is 4.39 Å². The van der Waals surface area contributed by atoms with Gasteiger partial charge in [-0.1, -0.05) is 12.1 Å². The number of carboxylic acids is 1. The molecule has 1 aliphatic rings. The lowest BCUT2D eigenvalue weighted by Crippen LogP contribution is -2.43. The molecule has 1 saturated heterocycles. The molecule has 3 nitrogen and oxygen atoms in total. The fraction of sp³-hybridized carbons (Fsp3) is 0.562. The van der Waals surface area contributed by atoms with E-state index in [0.29, 0.717) is 12.6 Å². The standard InChI is InChI=1S/C16H22FNO2/c1-12(7-8-13-4-2-6-15(17)10-13)18-9-3-5-14(11-18)16(19)20/h2,4,6,10,12,14H,3,5,7-9,11H2,1H3,(H,19,20). The number of carboxylic acid groups (broad SMARTS) is 1. The van der Waals surface area contributed by atoms with Gasteiger partial charge in [-0.15, -0.1) is 0 Å². The molecular weight excluding hydrogens is 257 g/mol. The molecule has 0 spiro atoms. The van der Waals surface area contributed by atoms with Crippen molar-refractivity contribution in [3.8, 4) is 0 Å². The summed E-state index contributed by atoms with van der Waals surface area (Å²) >= 11 is 0. The molecule has 1 aromatic carbocycles. The molecular formula is C16H22FNO2. The molecule has 0 amide bonds. The maximum absolute atomic E-state index is 13.1. The van der Waals surface area contributed by atoms with Crippen molar-refractivity contribution in [3.63, 3.8) is 0 Å². The van der Waals surface area contributed by atoms with Crippen LogP contribution in [0.4, 0.5) is 4.39 Å². The highest BCUT2D eigenvalue weighted by Crippen LogP contribution is 2.20. The minimum atomic E-state index is -0.688. The smallest absolute Gasteiger partial charge is 0.307 e. The van der Waals surface area contributed by atoms with Crippen LogP contribution in [0.2, 0.25) is 0 Å². The molecule has 1 N–H and O–H groups in total. The van der Waals surface area contributed by atoms with E-state index in [-0.39, 0.29) is 11.7 Å². The number of rotatable bonds is 5. The molecule has 2 atom stereocenters. The molecule has 0 saturated carbocycles. The van der Waals surface area contributed by atoms with Crippen LogP contribution in [0.25, 0.3) is 0 Å². The molecule has 2 rings (SSSR count). The third-order valence-corrected chi connectivity index (χ3v) is 4.17. The van der Waals surface area contributed by atoms with Crippen molar-refractivity contribution in [2.75, 3.05) is 13.1 Å². The molecule has 0 radical (unpaired) electrons. The Morgan fingerprint density at radius 1 is 1.55 bits per heavy atom. The topological polar surface area (TPSA) is 40.5 Å². The van der Waals surface area contributed by atoms with Gasteiger partial charge in [-0.3, -0.25) is 9.69 Å². The zero-order valence-electron chi connectivity index (χ0n) is 11.9. The predicted molar refractivity (Wildman–Crippen MR) is 76.1 cm³/mol. The average Bonchev–Trinajstić information content (AvgIpc) is 2.45. The van der Waals surface area contributed by atoms with Crippen LogP contribution in [0.15, 0.2) is 24.3 Å². The number of piperidine rings is 1. The van der Waals surface area contributed by atoms with Gasteiger partial charge in [0.25, 0.3) is 0 Å². The Hall–Kier alpha value is -1.42. The molecule has 1 heterocycles. The van der Waals surface area contributed by atoms with Crippen LogP contribution in [-0.2, 0) is 11.2 Å². The SMILES string of the molecule is CC(CCc1cccc(F)c1)N1CCCC(C(=O)O)C1. The highest BCUT2D eigenvalue weighted by molar-refractivity contribution is 5.70. The monoisotopic (exact) mass is 279 g/mol. The Morgan fingerprint density at radius 3 is 3.05 bits per heavy atom. The second-order valence-electron chi connectivity index (χ2n) is 5.69. The fourth-order valence-corrected chi connectivity index (χ4v) is 2.86. The summed E-state index contributed by atoms with van der Waals surface area (Å²) in [6.45, 7) is 3.73. The van der Waals surface area contributed by atoms with E-state index in [1.807, 2.05) is 6.07 Å². The van der Waals surface area contributed by atoms with Gasteiger partial charge in [-0.05, 0) is 56.8 Å². The van der Waals surface area contributed by atoms with Crippen molar-refractivity contribution in [2.45, 2.75) is 38.6 Å². The molecule has 0 aromatic heterocycles. The Kier molecular flexibility index (Phi) is 5.12. The van der Waals surface area contributed by atoms with Gasteiger partial charge in [-0.2, -0.15) is 0 Å². The van der Waals surface area contributed by atoms with E-state index in [1.54, 1.807) is 12.1 Å². The largest absolute Gasteiger partial charge is 0.481 e. The normalized spacial score (nSPS) is 21.6. The number of nitrogens with zero attached hydrogens (tertiary/aromatic N) is 1. The first-order valence-corrected chi connectivity index (χ1v) is 7.27. The summed E-state index contributed by atoms with van der Waals surface area (Å²) in [6, 6.07) is 7.03. The molecule has 0 bridgehead atoms. The lowest BCUT2D eigenvalue weighted by Gasteiger charge is -2.35. The maximum Gasteiger partial charge on any atom is 0.307 e. The van der Waals surface area contributed by atoms with E-state index >= 15 is 0 Å². The predicted octanol–water partition coefficient (Wildman–Crippen LogP) is 2.94. The lowest BCUT2D eigenvalue weighted by molar-refractivity contribution is -0.143. The number of likely N-dealkylation sites (tertiary alicyclic amines) is 1. The number of aliphatic carboxylic acids is 1. The number of hydrogen-bond donors (Lipinski definition) is 1. The quantitative estimate of drug-likeness (QED) is 0.901. The molecule has 2 unspecified atom stereocenters. The highest BCUT2D eigenvalue weighted by atomic mass is 19.1. The summed E-state index contributed by atoms with van der Waals surface area (Å²) in [5, 5.41) is 9.11. The maximum atomic E-state index is 13.1. The van der Waals surface area contributed by atoms with Crippen LogP contribution in [0, 0.1) is 11.7 Å². The zero-order chi connectivity index (χ0) is 14.5. The van der Waals surface area contributed by atoms with E-state index in [0.717, 1.165) is 37.8 Å². The van der Waals surface area contributed by atoms with E-state index < -0.39 is 5.97 Å². The van der Waals surface area contributed by atoms with Crippen molar-refractivity contribution in [1.82, 2.24) is 4.90 Å². The molecule has 1 fully saturated rings. The third kappa shape index (κ3) is 4.04. The lowest BCUT2D eigenvalue weighted by atomic mass is 9.95. The molecule has 110 valence electrons. The molecule has 1 aromatic rings. The van der Waals surface area contributed by atoms with Crippen molar-refractivity contribution < 1.29 is 14.3 Å². The van der Waals surface area contributed by atoms with Gasteiger partial charge in [0.05, 0.1) is 5.92 Å². The van der Waals surface area contributed by atoms with Gasteiger partial charge in [0.15, 0.2) is 0 Å².